The number of hydrogen-bond donors (Lipinski definition) is 0. The minimum Gasteiger partial charge on any atom is -0.490 e. The number of carbonyl (C=O) groups is 1. The first kappa shape index (κ1) is 11.9. The predicted octanol–water partition coefficient (Wildman–Crippen LogP) is 3.33. The lowest BCUT2D eigenvalue weighted by atomic mass is 9.90. The molecule has 90 valence electrons. The molecule has 2 nitrogen and oxygen atoms in total. The molecule has 0 saturated carbocycles. The fourth-order valence-corrected chi connectivity index (χ4v) is 2.22. The first-order valence-corrected chi connectivity index (χ1v) is 6.08. The van der Waals surface area contributed by atoms with Gasteiger partial charge in [0.1, 0.15) is 6.10 Å². The topological polar surface area (TPSA) is 26.3 Å². The van der Waals surface area contributed by atoms with Crippen LogP contribution in [0.4, 0.5) is 0 Å². The van der Waals surface area contributed by atoms with Gasteiger partial charge in [-0.2, -0.15) is 0 Å². The van der Waals surface area contributed by atoms with Crippen LogP contribution in [0.15, 0.2) is 47.8 Å². The number of carbonyl (C=O) groups excluding carboxylic acids is 1. The molecule has 0 aromatic carbocycles. The van der Waals surface area contributed by atoms with Crippen molar-refractivity contribution in [3.05, 3.63) is 47.8 Å². The molecule has 17 heavy (non-hydrogen) atoms. The van der Waals surface area contributed by atoms with Crippen LogP contribution in [0.2, 0.25) is 0 Å². The highest BCUT2D eigenvalue weighted by Crippen LogP contribution is 2.27. The number of rotatable bonds is 3. The van der Waals surface area contributed by atoms with Crippen molar-refractivity contribution >= 4 is 5.78 Å². The number of ether oxygens (including phenoxy) is 1. The van der Waals surface area contributed by atoms with Crippen molar-refractivity contribution in [2.45, 2.75) is 32.8 Å². The summed E-state index contributed by atoms with van der Waals surface area (Å²) in [5.41, 5.74) is 0.899. The summed E-state index contributed by atoms with van der Waals surface area (Å²) in [6.07, 6.45) is 13.9. The molecule has 0 aromatic heterocycles. The van der Waals surface area contributed by atoms with Crippen LogP contribution in [0, 0.1) is 5.92 Å². The summed E-state index contributed by atoms with van der Waals surface area (Å²) in [6.45, 7) is 3.69. The third kappa shape index (κ3) is 2.96. The van der Waals surface area contributed by atoms with Crippen LogP contribution in [-0.2, 0) is 9.53 Å². The zero-order chi connectivity index (χ0) is 12.3. The van der Waals surface area contributed by atoms with Gasteiger partial charge < -0.3 is 4.74 Å². The van der Waals surface area contributed by atoms with E-state index in [-0.39, 0.29) is 17.8 Å². The van der Waals surface area contributed by atoms with Gasteiger partial charge in [0.15, 0.2) is 5.78 Å². The Morgan fingerprint density at radius 3 is 2.76 bits per heavy atom. The van der Waals surface area contributed by atoms with E-state index in [2.05, 4.69) is 19.1 Å². The molecule has 0 aromatic rings. The molecule has 2 unspecified atom stereocenters. The van der Waals surface area contributed by atoms with Crippen molar-refractivity contribution < 1.29 is 9.53 Å². The molecule has 0 fully saturated rings. The van der Waals surface area contributed by atoms with Crippen molar-refractivity contribution in [1.82, 2.24) is 0 Å². The summed E-state index contributed by atoms with van der Waals surface area (Å²) in [5.74, 6) is 1.40. The monoisotopic (exact) mass is 230 g/mol. The highest BCUT2D eigenvalue weighted by molar-refractivity contribution is 5.94. The molecular weight excluding hydrogens is 212 g/mol. The Balaban J connectivity index is 2.01. The van der Waals surface area contributed by atoms with Crippen LogP contribution in [0.1, 0.15) is 26.7 Å². The van der Waals surface area contributed by atoms with Gasteiger partial charge in [-0.25, -0.2) is 0 Å². The average molecular weight is 230 g/mol. The van der Waals surface area contributed by atoms with E-state index in [0.717, 1.165) is 24.2 Å². The van der Waals surface area contributed by atoms with Crippen LogP contribution in [0.3, 0.4) is 0 Å². The Morgan fingerprint density at radius 1 is 1.35 bits per heavy atom. The summed E-state index contributed by atoms with van der Waals surface area (Å²) in [6, 6.07) is 0. The Kier molecular flexibility index (Phi) is 3.62. The van der Waals surface area contributed by atoms with E-state index in [1.807, 2.05) is 24.3 Å². The van der Waals surface area contributed by atoms with Crippen LogP contribution >= 0.6 is 0 Å². The molecule has 0 aliphatic heterocycles. The average Bonchev–Trinajstić information content (AvgIpc) is 2.30. The lowest BCUT2D eigenvalue weighted by Crippen LogP contribution is -2.16. The van der Waals surface area contributed by atoms with Gasteiger partial charge in [-0.05, 0) is 30.6 Å². The van der Waals surface area contributed by atoms with Gasteiger partial charge in [0.05, 0.1) is 5.76 Å². The number of allylic oxidation sites excluding steroid dienone is 6. The van der Waals surface area contributed by atoms with E-state index in [9.17, 15) is 4.79 Å². The van der Waals surface area contributed by atoms with Crippen molar-refractivity contribution in [3.8, 4) is 0 Å². The van der Waals surface area contributed by atoms with Gasteiger partial charge in [0.25, 0.3) is 0 Å². The third-order valence-electron chi connectivity index (χ3n) is 3.14. The van der Waals surface area contributed by atoms with Crippen LogP contribution < -0.4 is 0 Å². The second-order valence-corrected chi connectivity index (χ2v) is 4.62. The maximum absolute atomic E-state index is 11.3. The molecule has 0 saturated heterocycles. The summed E-state index contributed by atoms with van der Waals surface area (Å²) >= 11 is 0. The fraction of sp³-hybridized carbons (Fsp3) is 0.400. The molecule has 0 radical (unpaired) electrons. The SMILES string of the molecule is CC(=O)C1=CC=C(OC2C=CC=CC2)CC1C. The molecule has 2 atom stereocenters. The van der Waals surface area contributed by atoms with Crippen LogP contribution in [0.25, 0.3) is 0 Å². The van der Waals surface area contributed by atoms with Gasteiger partial charge in [-0.1, -0.05) is 31.2 Å². The highest BCUT2D eigenvalue weighted by Gasteiger charge is 2.20. The van der Waals surface area contributed by atoms with E-state index in [0.29, 0.717) is 0 Å². The van der Waals surface area contributed by atoms with E-state index >= 15 is 0 Å². The Labute approximate surface area is 102 Å². The lowest BCUT2D eigenvalue weighted by Gasteiger charge is -2.24. The van der Waals surface area contributed by atoms with Gasteiger partial charge in [-0.3, -0.25) is 4.79 Å². The van der Waals surface area contributed by atoms with Crippen molar-refractivity contribution in [1.29, 1.82) is 0 Å². The zero-order valence-corrected chi connectivity index (χ0v) is 10.3. The van der Waals surface area contributed by atoms with Gasteiger partial charge in [0.2, 0.25) is 0 Å². The molecule has 2 aliphatic rings. The molecular formula is C15H18O2. The number of Topliss-reactive ketones (excluding diaryl/α,β-unsaturated/α-hetero) is 1. The van der Waals surface area contributed by atoms with Crippen molar-refractivity contribution in [2.75, 3.05) is 0 Å². The summed E-state index contributed by atoms with van der Waals surface area (Å²) < 4.78 is 5.90. The number of hydrogen-bond acceptors (Lipinski definition) is 2. The minimum atomic E-state index is 0.144. The zero-order valence-electron chi connectivity index (χ0n) is 10.3. The normalized spacial score (nSPS) is 27.4. The van der Waals surface area contributed by atoms with Crippen molar-refractivity contribution in [3.63, 3.8) is 0 Å². The quantitative estimate of drug-likeness (QED) is 0.743. The first-order valence-electron chi connectivity index (χ1n) is 6.08. The van der Waals surface area contributed by atoms with Gasteiger partial charge in [0, 0.05) is 12.8 Å². The maximum Gasteiger partial charge on any atom is 0.156 e. The molecule has 0 spiro atoms. The van der Waals surface area contributed by atoms with Crippen LogP contribution in [0.5, 0.6) is 0 Å². The Hall–Kier alpha value is -1.57. The Bertz CT molecular complexity index is 424. The molecule has 2 heteroatoms. The van der Waals surface area contributed by atoms with Crippen molar-refractivity contribution in [2.24, 2.45) is 5.92 Å². The summed E-state index contributed by atoms with van der Waals surface area (Å²) in [4.78, 5) is 11.3. The molecule has 0 bridgehead atoms. The molecule has 2 aliphatic carbocycles. The maximum atomic E-state index is 11.3. The smallest absolute Gasteiger partial charge is 0.156 e. The second-order valence-electron chi connectivity index (χ2n) is 4.62. The largest absolute Gasteiger partial charge is 0.490 e. The van der Waals surface area contributed by atoms with Gasteiger partial charge >= 0.3 is 0 Å². The minimum absolute atomic E-state index is 0.144. The van der Waals surface area contributed by atoms with Crippen LogP contribution in [-0.4, -0.2) is 11.9 Å². The third-order valence-corrected chi connectivity index (χ3v) is 3.14. The van der Waals surface area contributed by atoms with E-state index in [1.54, 1.807) is 6.92 Å². The molecule has 2 rings (SSSR count). The van der Waals surface area contributed by atoms with E-state index in [1.165, 1.54) is 0 Å². The predicted molar refractivity (Wildman–Crippen MR) is 68.4 cm³/mol. The molecule has 0 heterocycles. The Morgan fingerprint density at radius 2 is 2.18 bits per heavy atom. The fourth-order valence-electron chi connectivity index (χ4n) is 2.22. The lowest BCUT2D eigenvalue weighted by molar-refractivity contribution is -0.114. The van der Waals surface area contributed by atoms with E-state index < -0.39 is 0 Å². The molecule has 0 amide bonds. The first-order chi connectivity index (χ1) is 8.16. The van der Waals surface area contributed by atoms with Gasteiger partial charge in [-0.15, -0.1) is 0 Å². The standard InChI is InChI=1S/C15H18O2/c1-11-10-14(8-9-15(11)12(2)16)17-13-6-4-3-5-7-13/h3-6,8-9,11,13H,7,10H2,1-2H3. The number of ketones is 1. The second kappa shape index (κ2) is 5.17. The summed E-state index contributed by atoms with van der Waals surface area (Å²) in [5, 5.41) is 0. The highest BCUT2D eigenvalue weighted by atomic mass is 16.5. The summed E-state index contributed by atoms with van der Waals surface area (Å²) in [7, 11) is 0. The van der Waals surface area contributed by atoms with E-state index in [4.69, 9.17) is 4.74 Å². The molecule has 0 N–H and O–H groups in total.